The number of nitriles is 1. The second kappa shape index (κ2) is 5.75. The summed E-state index contributed by atoms with van der Waals surface area (Å²) in [6.45, 7) is 0. The summed E-state index contributed by atoms with van der Waals surface area (Å²) >= 11 is 17.9. The van der Waals surface area contributed by atoms with Crippen LogP contribution in [-0.4, -0.2) is 4.98 Å². The molecule has 0 unspecified atom stereocenters. The van der Waals surface area contributed by atoms with Crippen molar-refractivity contribution >= 4 is 34.8 Å². The fourth-order valence-corrected chi connectivity index (χ4v) is 2.28. The number of rotatable bonds is 2. The fraction of sp³-hybridized carbons (Fsp3) is 0.0769. The monoisotopic (exact) mass is 314 g/mol. The minimum atomic E-state index is -0.509. The van der Waals surface area contributed by atoms with E-state index in [1.54, 1.807) is 6.07 Å². The second-order valence-corrected chi connectivity index (χ2v) is 4.96. The van der Waals surface area contributed by atoms with E-state index in [2.05, 4.69) is 4.98 Å². The topological polar surface area (TPSA) is 36.7 Å². The molecular weight excluding hydrogens is 310 g/mol. The number of hydrogen-bond acceptors (Lipinski definition) is 2. The van der Waals surface area contributed by atoms with Gasteiger partial charge in [0.1, 0.15) is 5.82 Å². The number of halogens is 4. The molecule has 0 atom stereocenters. The van der Waals surface area contributed by atoms with Crippen LogP contribution in [0.1, 0.15) is 5.56 Å². The van der Waals surface area contributed by atoms with Gasteiger partial charge in [0.05, 0.1) is 39.4 Å². The highest BCUT2D eigenvalue weighted by Crippen LogP contribution is 2.35. The number of benzene rings is 1. The maximum absolute atomic E-state index is 13.2. The Morgan fingerprint density at radius 1 is 1.11 bits per heavy atom. The highest BCUT2D eigenvalue weighted by molar-refractivity contribution is 6.44. The van der Waals surface area contributed by atoms with Crippen molar-refractivity contribution in [2.75, 3.05) is 0 Å². The number of pyridine rings is 1. The van der Waals surface area contributed by atoms with Gasteiger partial charge >= 0.3 is 0 Å². The third-order valence-electron chi connectivity index (χ3n) is 2.47. The Labute approximate surface area is 124 Å². The molecule has 0 saturated heterocycles. The van der Waals surface area contributed by atoms with Crippen LogP contribution in [0.2, 0.25) is 15.1 Å². The Morgan fingerprint density at radius 3 is 2.47 bits per heavy atom. The standard InChI is InChI=1S/C13H6Cl3FN2/c14-10-5-12(16)11(15)4-9(10)13-7(1-2-18)3-8(17)6-19-13/h3-6H,1H2. The molecule has 0 amide bonds. The molecule has 0 saturated carbocycles. The van der Waals surface area contributed by atoms with E-state index in [0.717, 1.165) is 6.20 Å². The Morgan fingerprint density at radius 2 is 1.79 bits per heavy atom. The lowest BCUT2D eigenvalue weighted by Gasteiger charge is -2.09. The summed E-state index contributed by atoms with van der Waals surface area (Å²) in [6.07, 6.45) is 1.09. The third kappa shape index (κ3) is 2.98. The Kier molecular flexibility index (Phi) is 4.26. The summed E-state index contributed by atoms with van der Waals surface area (Å²) in [5, 5.41) is 9.74. The molecule has 0 aliphatic rings. The average Bonchev–Trinajstić information content (AvgIpc) is 2.35. The zero-order chi connectivity index (χ0) is 14.0. The molecule has 0 fully saturated rings. The van der Waals surface area contributed by atoms with Gasteiger partial charge in [-0.25, -0.2) is 4.39 Å². The van der Waals surface area contributed by atoms with Gasteiger partial charge < -0.3 is 0 Å². The van der Waals surface area contributed by atoms with Crippen LogP contribution in [0.4, 0.5) is 4.39 Å². The van der Waals surface area contributed by atoms with Crippen molar-refractivity contribution in [1.82, 2.24) is 4.98 Å². The molecule has 19 heavy (non-hydrogen) atoms. The highest BCUT2D eigenvalue weighted by Gasteiger charge is 2.14. The molecule has 6 heteroatoms. The minimum absolute atomic E-state index is 0.0245. The molecule has 1 aromatic carbocycles. The van der Waals surface area contributed by atoms with Crippen molar-refractivity contribution in [3.8, 4) is 17.3 Å². The lowest BCUT2D eigenvalue weighted by Crippen LogP contribution is -1.95. The molecule has 0 N–H and O–H groups in total. The van der Waals surface area contributed by atoms with Crippen molar-refractivity contribution in [3.05, 3.63) is 50.8 Å². The van der Waals surface area contributed by atoms with Crippen LogP contribution in [0.15, 0.2) is 24.4 Å². The Balaban J connectivity index is 2.65. The summed E-state index contributed by atoms with van der Waals surface area (Å²) in [5.41, 5.74) is 1.38. The number of hydrogen-bond donors (Lipinski definition) is 0. The Bertz CT molecular complexity index is 680. The maximum Gasteiger partial charge on any atom is 0.141 e. The van der Waals surface area contributed by atoms with Crippen LogP contribution in [0.5, 0.6) is 0 Å². The van der Waals surface area contributed by atoms with E-state index in [9.17, 15) is 4.39 Å². The zero-order valence-corrected chi connectivity index (χ0v) is 11.7. The van der Waals surface area contributed by atoms with E-state index in [4.69, 9.17) is 40.1 Å². The predicted molar refractivity (Wildman–Crippen MR) is 74.0 cm³/mol. The van der Waals surface area contributed by atoms with Gasteiger partial charge in [-0.05, 0) is 23.8 Å². The van der Waals surface area contributed by atoms with Crippen LogP contribution in [0, 0.1) is 17.1 Å². The van der Waals surface area contributed by atoms with Gasteiger partial charge in [-0.15, -0.1) is 0 Å². The van der Waals surface area contributed by atoms with E-state index in [1.165, 1.54) is 12.1 Å². The highest BCUT2D eigenvalue weighted by atomic mass is 35.5. The van der Waals surface area contributed by atoms with Crippen molar-refractivity contribution in [2.45, 2.75) is 6.42 Å². The van der Waals surface area contributed by atoms with E-state index >= 15 is 0 Å². The summed E-state index contributed by atoms with van der Waals surface area (Å²) in [5.74, 6) is -0.509. The molecule has 0 aliphatic heterocycles. The molecule has 96 valence electrons. The van der Waals surface area contributed by atoms with E-state index in [1.807, 2.05) is 6.07 Å². The van der Waals surface area contributed by atoms with Crippen LogP contribution in [0.3, 0.4) is 0 Å². The Hall–Kier alpha value is -1.34. The lowest BCUT2D eigenvalue weighted by molar-refractivity contribution is 0.620. The predicted octanol–water partition coefficient (Wildman–Crippen LogP) is 4.91. The van der Waals surface area contributed by atoms with E-state index in [-0.39, 0.29) is 6.42 Å². The lowest BCUT2D eigenvalue weighted by atomic mass is 10.0. The van der Waals surface area contributed by atoms with Gasteiger partial charge in [0.15, 0.2) is 0 Å². The molecule has 1 heterocycles. The number of nitrogens with zero attached hydrogens (tertiary/aromatic N) is 2. The molecule has 0 aliphatic carbocycles. The van der Waals surface area contributed by atoms with Crippen molar-refractivity contribution in [2.24, 2.45) is 0 Å². The van der Waals surface area contributed by atoms with Gasteiger partial charge in [-0.1, -0.05) is 34.8 Å². The van der Waals surface area contributed by atoms with Gasteiger partial charge in [0.2, 0.25) is 0 Å². The van der Waals surface area contributed by atoms with Crippen molar-refractivity contribution < 1.29 is 4.39 Å². The molecular formula is C13H6Cl3FN2. The van der Waals surface area contributed by atoms with Crippen LogP contribution < -0.4 is 0 Å². The van der Waals surface area contributed by atoms with Crippen molar-refractivity contribution in [1.29, 1.82) is 5.26 Å². The van der Waals surface area contributed by atoms with Gasteiger partial charge in [-0.3, -0.25) is 4.98 Å². The van der Waals surface area contributed by atoms with E-state index in [0.29, 0.717) is 31.9 Å². The quantitative estimate of drug-likeness (QED) is 0.738. The first-order chi connectivity index (χ1) is 9.02. The van der Waals surface area contributed by atoms with Crippen molar-refractivity contribution in [3.63, 3.8) is 0 Å². The van der Waals surface area contributed by atoms with Crippen LogP contribution in [-0.2, 0) is 6.42 Å². The SMILES string of the molecule is N#CCc1cc(F)cnc1-c1cc(Cl)c(Cl)cc1Cl. The maximum atomic E-state index is 13.2. The van der Waals surface area contributed by atoms with Gasteiger partial charge in [0, 0.05) is 5.56 Å². The second-order valence-electron chi connectivity index (χ2n) is 3.74. The summed E-state index contributed by atoms with van der Waals surface area (Å²) in [4.78, 5) is 3.99. The largest absolute Gasteiger partial charge is 0.253 e. The fourth-order valence-electron chi connectivity index (χ4n) is 1.65. The molecule has 0 bridgehead atoms. The van der Waals surface area contributed by atoms with E-state index < -0.39 is 5.82 Å². The smallest absolute Gasteiger partial charge is 0.141 e. The first-order valence-electron chi connectivity index (χ1n) is 5.19. The van der Waals surface area contributed by atoms with Gasteiger partial charge in [-0.2, -0.15) is 5.26 Å². The van der Waals surface area contributed by atoms with Crippen LogP contribution >= 0.6 is 34.8 Å². The first-order valence-corrected chi connectivity index (χ1v) is 6.32. The molecule has 2 rings (SSSR count). The van der Waals surface area contributed by atoms with Gasteiger partial charge in [0.25, 0.3) is 0 Å². The average molecular weight is 316 g/mol. The summed E-state index contributed by atoms with van der Waals surface area (Å²) in [6, 6.07) is 6.25. The third-order valence-corrected chi connectivity index (χ3v) is 3.50. The summed E-state index contributed by atoms with van der Waals surface area (Å²) < 4.78 is 13.2. The van der Waals surface area contributed by atoms with Crippen LogP contribution in [0.25, 0.3) is 11.3 Å². The molecule has 1 aromatic heterocycles. The number of aromatic nitrogens is 1. The molecule has 0 spiro atoms. The first kappa shape index (κ1) is 14.1. The summed E-state index contributed by atoms with van der Waals surface area (Å²) in [7, 11) is 0. The zero-order valence-electron chi connectivity index (χ0n) is 9.42. The normalized spacial score (nSPS) is 10.3. The minimum Gasteiger partial charge on any atom is -0.253 e. The molecule has 0 radical (unpaired) electrons. The molecule has 2 aromatic rings. The molecule has 2 nitrogen and oxygen atoms in total.